The van der Waals surface area contributed by atoms with Gasteiger partial charge >= 0.3 is 0 Å². The number of hydrogen-bond acceptors (Lipinski definition) is 3. The molecule has 2 aliphatic rings. The first-order chi connectivity index (χ1) is 14.2. The van der Waals surface area contributed by atoms with Gasteiger partial charge in [-0.25, -0.2) is 0 Å². The van der Waals surface area contributed by atoms with Crippen LogP contribution in [0.3, 0.4) is 0 Å². The zero-order valence-corrected chi connectivity index (χ0v) is 18.2. The number of hydrogen-bond donors (Lipinski definition) is 2. The number of carbonyl (C=O) groups is 2. The molecule has 1 saturated carbocycles. The summed E-state index contributed by atoms with van der Waals surface area (Å²) in [5.41, 5.74) is 6.22. The standard InChI is InChI=1S/C24H31N3O2.ClH/c25-13-5-6-14-26-23(28)22-16-19-9-3-4-10-21(19)27(22)24(29)20-12-11-17-7-1-2-8-18(17)15-20;/h1-2,7-8,11-12,15,19,21-22H,3-6,9-10,13-14,16,25H2,(H,26,28);1H. The van der Waals surface area contributed by atoms with E-state index in [0.29, 0.717) is 24.6 Å². The zero-order valence-electron chi connectivity index (χ0n) is 17.4. The lowest BCUT2D eigenvalue weighted by molar-refractivity contribution is -0.125. The Labute approximate surface area is 184 Å². The number of amides is 2. The number of unbranched alkanes of at least 4 members (excludes halogenated alkanes) is 1. The maximum atomic E-state index is 13.6. The zero-order chi connectivity index (χ0) is 20.2. The molecule has 2 aromatic carbocycles. The van der Waals surface area contributed by atoms with Crippen molar-refractivity contribution in [2.24, 2.45) is 11.7 Å². The fourth-order valence-electron chi connectivity index (χ4n) is 5.06. The molecular formula is C24H32ClN3O2. The summed E-state index contributed by atoms with van der Waals surface area (Å²) in [4.78, 5) is 28.4. The number of nitrogens with one attached hydrogen (secondary N) is 1. The van der Waals surface area contributed by atoms with Crippen LogP contribution in [-0.2, 0) is 4.79 Å². The smallest absolute Gasteiger partial charge is 0.254 e. The molecule has 1 saturated heterocycles. The quantitative estimate of drug-likeness (QED) is 0.684. The predicted octanol–water partition coefficient (Wildman–Crippen LogP) is 3.89. The molecule has 0 aromatic heterocycles. The van der Waals surface area contributed by atoms with E-state index >= 15 is 0 Å². The molecular weight excluding hydrogens is 398 g/mol. The molecule has 0 radical (unpaired) electrons. The van der Waals surface area contributed by atoms with Gasteiger partial charge in [0.05, 0.1) is 0 Å². The molecule has 0 spiro atoms. The van der Waals surface area contributed by atoms with Gasteiger partial charge in [-0.3, -0.25) is 9.59 Å². The van der Waals surface area contributed by atoms with Crippen LogP contribution in [0.5, 0.6) is 0 Å². The van der Waals surface area contributed by atoms with Gasteiger partial charge < -0.3 is 16.0 Å². The highest BCUT2D eigenvalue weighted by Crippen LogP contribution is 2.40. The van der Waals surface area contributed by atoms with E-state index < -0.39 is 0 Å². The molecule has 2 fully saturated rings. The van der Waals surface area contributed by atoms with Gasteiger partial charge in [0.25, 0.3) is 5.91 Å². The molecule has 6 heteroatoms. The maximum absolute atomic E-state index is 13.6. The third-order valence-electron chi connectivity index (χ3n) is 6.55. The summed E-state index contributed by atoms with van der Waals surface area (Å²) >= 11 is 0. The summed E-state index contributed by atoms with van der Waals surface area (Å²) in [7, 11) is 0. The largest absolute Gasteiger partial charge is 0.354 e. The SMILES string of the molecule is Cl.NCCCCNC(=O)C1CC2CCCCC2N1C(=O)c1ccc2ccccc2c1. The topological polar surface area (TPSA) is 75.4 Å². The molecule has 3 unspecified atom stereocenters. The van der Waals surface area contributed by atoms with Crippen LogP contribution in [0, 0.1) is 5.92 Å². The van der Waals surface area contributed by atoms with Crippen molar-refractivity contribution in [1.82, 2.24) is 10.2 Å². The van der Waals surface area contributed by atoms with Crippen LogP contribution in [0.1, 0.15) is 55.3 Å². The van der Waals surface area contributed by atoms with Gasteiger partial charge in [0.1, 0.15) is 6.04 Å². The Bertz CT molecular complexity index is 888. The van der Waals surface area contributed by atoms with Crippen LogP contribution in [0.2, 0.25) is 0 Å². The minimum absolute atomic E-state index is 0. The minimum Gasteiger partial charge on any atom is -0.354 e. The number of fused-ring (bicyclic) bond motifs is 2. The van der Waals surface area contributed by atoms with Crippen LogP contribution in [0.4, 0.5) is 0 Å². The lowest BCUT2D eigenvalue weighted by Gasteiger charge is -2.33. The lowest BCUT2D eigenvalue weighted by atomic mass is 9.84. The average molecular weight is 430 g/mol. The predicted molar refractivity (Wildman–Crippen MR) is 123 cm³/mol. The first kappa shape index (κ1) is 22.6. The molecule has 3 atom stereocenters. The van der Waals surface area contributed by atoms with Gasteiger partial charge in [0, 0.05) is 18.2 Å². The summed E-state index contributed by atoms with van der Waals surface area (Å²) in [6, 6.07) is 13.8. The number of benzene rings is 2. The first-order valence-electron chi connectivity index (χ1n) is 11.0. The normalized spacial score (nSPS) is 23.0. The number of carbonyl (C=O) groups excluding carboxylic acids is 2. The van der Waals surface area contributed by atoms with Crippen molar-refractivity contribution in [3.05, 3.63) is 48.0 Å². The van der Waals surface area contributed by atoms with Crippen molar-refractivity contribution in [1.29, 1.82) is 0 Å². The highest BCUT2D eigenvalue weighted by molar-refractivity contribution is 6.01. The molecule has 30 heavy (non-hydrogen) atoms. The second kappa shape index (κ2) is 10.3. The fraction of sp³-hybridized carbons (Fsp3) is 0.500. The molecule has 2 aromatic rings. The van der Waals surface area contributed by atoms with Gasteiger partial charge in [-0.05, 0) is 67.5 Å². The van der Waals surface area contributed by atoms with Gasteiger partial charge in [0.15, 0.2) is 0 Å². The third kappa shape index (κ3) is 4.62. The second-order valence-corrected chi connectivity index (χ2v) is 8.42. The summed E-state index contributed by atoms with van der Waals surface area (Å²) in [5, 5.41) is 5.22. The van der Waals surface area contributed by atoms with Crippen LogP contribution in [0.25, 0.3) is 10.8 Å². The van der Waals surface area contributed by atoms with Crippen molar-refractivity contribution in [2.75, 3.05) is 13.1 Å². The number of halogens is 1. The first-order valence-corrected chi connectivity index (χ1v) is 11.0. The van der Waals surface area contributed by atoms with Crippen LogP contribution in [0.15, 0.2) is 42.5 Å². The fourth-order valence-corrected chi connectivity index (χ4v) is 5.06. The molecule has 0 bridgehead atoms. The van der Waals surface area contributed by atoms with Gasteiger partial charge in [-0.2, -0.15) is 0 Å². The Morgan fingerprint density at radius 2 is 1.80 bits per heavy atom. The molecule has 1 aliphatic heterocycles. The third-order valence-corrected chi connectivity index (χ3v) is 6.55. The van der Waals surface area contributed by atoms with Crippen molar-refractivity contribution in [3.63, 3.8) is 0 Å². The van der Waals surface area contributed by atoms with E-state index in [2.05, 4.69) is 5.32 Å². The van der Waals surface area contributed by atoms with Crippen LogP contribution < -0.4 is 11.1 Å². The van der Waals surface area contributed by atoms with Gasteiger partial charge in [-0.1, -0.05) is 43.2 Å². The van der Waals surface area contributed by atoms with E-state index in [4.69, 9.17) is 5.73 Å². The molecule has 5 nitrogen and oxygen atoms in total. The van der Waals surface area contributed by atoms with Gasteiger partial charge in [0.2, 0.25) is 5.91 Å². The molecule has 162 valence electrons. The Balaban J connectivity index is 0.00000256. The van der Waals surface area contributed by atoms with Crippen molar-refractivity contribution in [2.45, 2.75) is 57.0 Å². The Kier molecular flexibility index (Phi) is 7.73. The van der Waals surface area contributed by atoms with Crippen LogP contribution in [-0.4, -0.2) is 41.9 Å². The Hall–Kier alpha value is -2.11. The summed E-state index contributed by atoms with van der Waals surface area (Å²) in [5.74, 6) is 0.422. The molecule has 2 amide bonds. The second-order valence-electron chi connectivity index (χ2n) is 8.42. The summed E-state index contributed by atoms with van der Waals surface area (Å²) in [6.07, 6.45) is 7.00. The van der Waals surface area contributed by atoms with Crippen molar-refractivity contribution >= 4 is 35.0 Å². The maximum Gasteiger partial charge on any atom is 0.254 e. The van der Waals surface area contributed by atoms with E-state index in [9.17, 15) is 9.59 Å². The lowest BCUT2D eigenvalue weighted by Crippen LogP contribution is -2.49. The highest BCUT2D eigenvalue weighted by atomic mass is 35.5. The van der Waals surface area contributed by atoms with Gasteiger partial charge in [-0.15, -0.1) is 12.4 Å². The van der Waals surface area contributed by atoms with E-state index in [1.54, 1.807) is 0 Å². The van der Waals surface area contributed by atoms with E-state index in [-0.39, 0.29) is 36.3 Å². The summed E-state index contributed by atoms with van der Waals surface area (Å²) in [6.45, 7) is 1.26. The van der Waals surface area contributed by atoms with Crippen LogP contribution >= 0.6 is 12.4 Å². The highest BCUT2D eigenvalue weighted by Gasteiger charge is 2.47. The molecule has 4 rings (SSSR count). The number of likely N-dealkylation sites (tertiary alicyclic amines) is 1. The monoisotopic (exact) mass is 429 g/mol. The number of rotatable bonds is 6. The molecule has 1 aliphatic carbocycles. The number of nitrogens with two attached hydrogens (primary N) is 1. The average Bonchev–Trinajstić information content (AvgIpc) is 3.15. The molecule has 1 heterocycles. The number of nitrogens with zero attached hydrogens (tertiary/aromatic N) is 1. The van der Waals surface area contributed by atoms with E-state index in [0.717, 1.165) is 49.3 Å². The van der Waals surface area contributed by atoms with E-state index in [1.807, 2.05) is 47.4 Å². The van der Waals surface area contributed by atoms with Crippen molar-refractivity contribution in [3.8, 4) is 0 Å². The Morgan fingerprint density at radius 1 is 1.03 bits per heavy atom. The molecule has 3 N–H and O–H groups in total. The summed E-state index contributed by atoms with van der Waals surface area (Å²) < 4.78 is 0. The van der Waals surface area contributed by atoms with Crippen molar-refractivity contribution < 1.29 is 9.59 Å². The minimum atomic E-state index is -0.361. The Morgan fingerprint density at radius 3 is 2.60 bits per heavy atom. The van der Waals surface area contributed by atoms with E-state index in [1.165, 1.54) is 6.42 Å².